The SMILES string of the molecule is Oc1cc2c(cc1Cl)CCNCC2c1ccc2ccccc2c1. The van der Waals surface area contributed by atoms with Crippen LogP contribution in [0.25, 0.3) is 10.8 Å². The van der Waals surface area contributed by atoms with Crippen molar-refractivity contribution in [2.24, 2.45) is 0 Å². The summed E-state index contributed by atoms with van der Waals surface area (Å²) in [6, 6.07) is 18.8. The zero-order chi connectivity index (χ0) is 15.8. The summed E-state index contributed by atoms with van der Waals surface area (Å²) in [6.07, 6.45) is 0.930. The Morgan fingerprint density at radius 3 is 2.70 bits per heavy atom. The molecule has 23 heavy (non-hydrogen) atoms. The largest absolute Gasteiger partial charge is 0.506 e. The predicted molar refractivity (Wildman–Crippen MR) is 95.5 cm³/mol. The molecule has 0 radical (unpaired) electrons. The van der Waals surface area contributed by atoms with Gasteiger partial charge >= 0.3 is 0 Å². The number of halogens is 1. The molecule has 0 spiro atoms. The summed E-state index contributed by atoms with van der Waals surface area (Å²) in [5, 5.41) is 16.5. The molecule has 2 N–H and O–H groups in total. The highest BCUT2D eigenvalue weighted by atomic mass is 35.5. The molecule has 1 heterocycles. The smallest absolute Gasteiger partial charge is 0.134 e. The van der Waals surface area contributed by atoms with Gasteiger partial charge in [0.2, 0.25) is 0 Å². The van der Waals surface area contributed by atoms with Crippen molar-refractivity contribution in [2.45, 2.75) is 12.3 Å². The molecule has 3 aromatic carbocycles. The molecular formula is C20H18ClNO. The third-order valence-corrected chi connectivity index (χ3v) is 4.98. The standard InChI is InChI=1S/C20H18ClNO/c21-19-10-16-7-8-22-12-18(17(16)11-20(19)23)15-6-5-13-3-1-2-4-14(13)9-15/h1-6,9-11,18,22-23H,7-8,12H2. The molecule has 0 saturated heterocycles. The van der Waals surface area contributed by atoms with Gasteiger partial charge in [-0.2, -0.15) is 0 Å². The van der Waals surface area contributed by atoms with Gasteiger partial charge in [0.25, 0.3) is 0 Å². The molecular weight excluding hydrogens is 306 g/mol. The van der Waals surface area contributed by atoms with Crippen molar-refractivity contribution < 1.29 is 5.11 Å². The van der Waals surface area contributed by atoms with Crippen LogP contribution >= 0.6 is 11.6 Å². The maximum absolute atomic E-state index is 10.1. The van der Waals surface area contributed by atoms with Crippen LogP contribution in [0.1, 0.15) is 22.6 Å². The number of phenolic OH excluding ortho intramolecular Hbond substituents is 1. The van der Waals surface area contributed by atoms with Gasteiger partial charge < -0.3 is 10.4 Å². The van der Waals surface area contributed by atoms with Crippen molar-refractivity contribution in [3.8, 4) is 5.75 Å². The third kappa shape index (κ3) is 2.69. The zero-order valence-electron chi connectivity index (χ0n) is 12.7. The Bertz CT molecular complexity index is 875. The second kappa shape index (κ2) is 5.88. The molecule has 116 valence electrons. The Morgan fingerprint density at radius 2 is 1.83 bits per heavy atom. The maximum Gasteiger partial charge on any atom is 0.134 e. The molecule has 1 aliphatic heterocycles. The number of hydrogen-bond donors (Lipinski definition) is 2. The van der Waals surface area contributed by atoms with Gasteiger partial charge in [-0.1, -0.05) is 54.1 Å². The van der Waals surface area contributed by atoms with Gasteiger partial charge in [-0.15, -0.1) is 0 Å². The molecule has 0 amide bonds. The number of hydrogen-bond acceptors (Lipinski definition) is 2. The van der Waals surface area contributed by atoms with Crippen LogP contribution < -0.4 is 5.32 Å². The summed E-state index contributed by atoms with van der Waals surface area (Å²) >= 11 is 6.10. The van der Waals surface area contributed by atoms with E-state index in [1.807, 2.05) is 12.1 Å². The van der Waals surface area contributed by atoms with Gasteiger partial charge in [0.15, 0.2) is 0 Å². The van der Waals surface area contributed by atoms with Crippen molar-refractivity contribution >= 4 is 22.4 Å². The van der Waals surface area contributed by atoms with E-state index in [-0.39, 0.29) is 11.7 Å². The van der Waals surface area contributed by atoms with Crippen LogP contribution in [0.3, 0.4) is 0 Å². The van der Waals surface area contributed by atoms with Crippen LogP contribution in [0.15, 0.2) is 54.6 Å². The average molecular weight is 324 g/mol. The van der Waals surface area contributed by atoms with E-state index in [9.17, 15) is 5.11 Å². The zero-order valence-corrected chi connectivity index (χ0v) is 13.5. The fourth-order valence-electron chi connectivity index (χ4n) is 3.46. The first-order chi connectivity index (χ1) is 11.2. The van der Waals surface area contributed by atoms with E-state index < -0.39 is 0 Å². The first kappa shape index (κ1) is 14.6. The molecule has 0 saturated carbocycles. The molecule has 1 atom stereocenters. The van der Waals surface area contributed by atoms with Crippen molar-refractivity contribution in [3.63, 3.8) is 0 Å². The first-order valence-corrected chi connectivity index (χ1v) is 8.31. The van der Waals surface area contributed by atoms with Gasteiger partial charge in [-0.3, -0.25) is 0 Å². The number of nitrogens with one attached hydrogen (secondary N) is 1. The third-order valence-electron chi connectivity index (χ3n) is 4.68. The summed E-state index contributed by atoms with van der Waals surface area (Å²) in [5.41, 5.74) is 3.66. The lowest BCUT2D eigenvalue weighted by atomic mass is 9.87. The van der Waals surface area contributed by atoms with E-state index >= 15 is 0 Å². The molecule has 4 rings (SSSR count). The minimum absolute atomic E-state index is 0.165. The fraction of sp³-hybridized carbons (Fsp3) is 0.200. The summed E-state index contributed by atoms with van der Waals surface area (Å²) in [4.78, 5) is 0. The summed E-state index contributed by atoms with van der Waals surface area (Å²) < 4.78 is 0. The monoisotopic (exact) mass is 323 g/mol. The fourth-order valence-corrected chi connectivity index (χ4v) is 3.65. The second-order valence-corrected chi connectivity index (χ2v) is 6.52. The summed E-state index contributed by atoms with van der Waals surface area (Å²) in [6.45, 7) is 1.80. The number of fused-ring (bicyclic) bond motifs is 2. The predicted octanol–water partition coefficient (Wildman–Crippen LogP) is 4.48. The first-order valence-electron chi connectivity index (χ1n) is 7.93. The Morgan fingerprint density at radius 1 is 1.00 bits per heavy atom. The Hall–Kier alpha value is -2.03. The van der Waals surface area contributed by atoms with E-state index in [2.05, 4.69) is 47.8 Å². The van der Waals surface area contributed by atoms with Crippen LogP contribution in [0.2, 0.25) is 5.02 Å². The van der Waals surface area contributed by atoms with Crippen molar-refractivity contribution in [2.75, 3.05) is 13.1 Å². The van der Waals surface area contributed by atoms with Gasteiger partial charge in [0.1, 0.15) is 5.75 Å². The van der Waals surface area contributed by atoms with Crippen LogP contribution in [0.4, 0.5) is 0 Å². The van der Waals surface area contributed by atoms with Crippen LogP contribution in [0.5, 0.6) is 5.75 Å². The number of benzene rings is 3. The minimum Gasteiger partial charge on any atom is -0.506 e. The number of phenols is 1. The van der Waals surface area contributed by atoms with E-state index in [4.69, 9.17) is 11.6 Å². The van der Waals surface area contributed by atoms with E-state index in [1.165, 1.54) is 27.5 Å². The normalized spacial score (nSPS) is 17.7. The highest BCUT2D eigenvalue weighted by Gasteiger charge is 2.22. The van der Waals surface area contributed by atoms with Crippen molar-refractivity contribution in [1.82, 2.24) is 5.32 Å². The van der Waals surface area contributed by atoms with Gasteiger partial charge in [0.05, 0.1) is 5.02 Å². The van der Waals surface area contributed by atoms with E-state index in [1.54, 1.807) is 0 Å². The Kier molecular flexibility index (Phi) is 3.72. The van der Waals surface area contributed by atoms with Crippen LogP contribution in [-0.4, -0.2) is 18.2 Å². The van der Waals surface area contributed by atoms with E-state index in [0.717, 1.165) is 19.5 Å². The molecule has 2 nitrogen and oxygen atoms in total. The summed E-state index contributed by atoms with van der Waals surface area (Å²) in [7, 11) is 0. The van der Waals surface area contributed by atoms with Crippen molar-refractivity contribution in [1.29, 1.82) is 0 Å². The van der Waals surface area contributed by atoms with Gasteiger partial charge in [-0.05, 0) is 52.6 Å². The number of aromatic hydroxyl groups is 1. The molecule has 0 aliphatic carbocycles. The molecule has 0 bridgehead atoms. The van der Waals surface area contributed by atoms with E-state index in [0.29, 0.717) is 5.02 Å². The topological polar surface area (TPSA) is 32.3 Å². The maximum atomic E-state index is 10.1. The highest BCUT2D eigenvalue weighted by Crippen LogP contribution is 2.36. The second-order valence-electron chi connectivity index (χ2n) is 6.12. The Balaban J connectivity index is 1.85. The van der Waals surface area contributed by atoms with Crippen LogP contribution in [-0.2, 0) is 6.42 Å². The van der Waals surface area contributed by atoms with Crippen LogP contribution in [0, 0.1) is 0 Å². The molecule has 3 heteroatoms. The average Bonchev–Trinajstić information content (AvgIpc) is 2.77. The quantitative estimate of drug-likeness (QED) is 0.692. The Labute approximate surface area is 140 Å². The lowest BCUT2D eigenvalue weighted by Gasteiger charge is -2.19. The molecule has 1 unspecified atom stereocenters. The van der Waals surface area contributed by atoms with Gasteiger partial charge in [0, 0.05) is 12.5 Å². The van der Waals surface area contributed by atoms with Crippen molar-refractivity contribution in [3.05, 3.63) is 76.3 Å². The van der Waals surface area contributed by atoms with Gasteiger partial charge in [-0.25, -0.2) is 0 Å². The molecule has 0 aromatic heterocycles. The lowest BCUT2D eigenvalue weighted by Crippen LogP contribution is -2.20. The highest BCUT2D eigenvalue weighted by molar-refractivity contribution is 6.32. The molecule has 1 aliphatic rings. The number of rotatable bonds is 1. The lowest BCUT2D eigenvalue weighted by molar-refractivity contribution is 0.474. The molecule has 3 aromatic rings. The molecule has 0 fully saturated rings. The minimum atomic E-state index is 0.165. The summed E-state index contributed by atoms with van der Waals surface area (Å²) in [5.74, 6) is 0.387.